The first kappa shape index (κ1) is 9.68. The maximum Gasteiger partial charge on any atom is 0.256 e. The minimum absolute atomic E-state index is 0.201. The molecule has 0 saturated carbocycles. The Labute approximate surface area is 84.6 Å². The van der Waals surface area contributed by atoms with Gasteiger partial charge < -0.3 is 0 Å². The van der Waals surface area contributed by atoms with E-state index < -0.39 is 10.0 Å². The fourth-order valence-corrected chi connectivity index (χ4v) is 1.75. The Hall–Kier alpha value is -1.87. The van der Waals surface area contributed by atoms with E-state index in [4.69, 9.17) is 5.14 Å². The summed E-state index contributed by atoms with van der Waals surface area (Å²) in [6, 6.07) is 3.07. The Morgan fingerprint density at radius 3 is 2.80 bits per heavy atom. The van der Waals surface area contributed by atoms with Crippen LogP contribution in [-0.2, 0) is 10.0 Å². The van der Waals surface area contributed by atoms with Crippen LogP contribution in [-0.4, -0.2) is 34.0 Å². The molecule has 2 aromatic rings. The highest BCUT2D eigenvalue weighted by atomic mass is 32.2. The Morgan fingerprint density at radius 1 is 1.40 bits per heavy atom. The number of nitrogens with zero attached hydrogens (tertiary/aromatic N) is 4. The zero-order valence-corrected chi connectivity index (χ0v) is 8.14. The average Bonchev–Trinajstić information content (AvgIpc) is 2.69. The topological polar surface area (TPSA) is 128 Å². The summed E-state index contributed by atoms with van der Waals surface area (Å²) < 4.78 is 22.4. The van der Waals surface area contributed by atoms with Gasteiger partial charge in [-0.15, -0.1) is 5.10 Å². The van der Waals surface area contributed by atoms with Crippen molar-refractivity contribution < 1.29 is 8.42 Å². The van der Waals surface area contributed by atoms with Gasteiger partial charge in [-0.1, -0.05) is 0 Å². The average molecular weight is 226 g/mol. The fraction of sp³-hybridized carbons (Fsp3) is 0. The quantitative estimate of drug-likeness (QED) is 0.669. The second-order valence-corrected chi connectivity index (χ2v) is 4.13. The Bertz CT molecular complexity index is 563. The number of nitrogens with one attached hydrogen (secondary N) is 1. The van der Waals surface area contributed by atoms with Crippen molar-refractivity contribution in [3.8, 4) is 11.4 Å². The van der Waals surface area contributed by atoms with Crippen LogP contribution in [0.2, 0.25) is 0 Å². The van der Waals surface area contributed by atoms with Crippen LogP contribution < -0.4 is 5.14 Å². The van der Waals surface area contributed by atoms with Gasteiger partial charge in [-0.05, 0) is 22.6 Å². The SMILES string of the molecule is NS(=O)(=O)c1ncccc1-c1nnn[nH]1. The third kappa shape index (κ3) is 1.82. The van der Waals surface area contributed by atoms with Crippen LogP contribution in [0.5, 0.6) is 0 Å². The number of H-pyrrole nitrogens is 1. The van der Waals surface area contributed by atoms with Crippen molar-refractivity contribution in [2.75, 3.05) is 0 Å². The van der Waals surface area contributed by atoms with E-state index in [1.807, 2.05) is 0 Å². The number of primary sulfonamides is 1. The number of hydrogen-bond donors (Lipinski definition) is 2. The van der Waals surface area contributed by atoms with E-state index in [1.54, 1.807) is 6.07 Å². The lowest BCUT2D eigenvalue weighted by atomic mass is 10.3. The molecule has 0 unspecified atom stereocenters. The maximum atomic E-state index is 11.2. The van der Waals surface area contributed by atoms with Crippen molar-refractivity contribution in [3.63, 3.8) is 0 Å². The van der Waals surface area contributed by atoms with Crippen LogP contribution >= 0.6 is 0 Å². The van der Waals surface area contributed by atoms with Crippen LogP contribution in [0.4, 0.5) is 0 Å². The number of rotatable bonds is 2. The van der Waals surface area contributed by atoms with E-state index >= 15 is 0 Å². The summed E-state index contributed by atoms with van der Waals surface area (Å²) in [6.45, 7) is 0. The van der Waals surface area contributed by atoms with Crippen LogP contribution in [0.25, 0.3) is 11.4 Å². The van der Waals surface area contributed by atoms with Gasteiger partial charge in [0, 0.05) is 6.20 Å². The standard InChI is InChI=1S/C6H6N6O2S/c7-15(13,14)6-4(2-1-3-8-6)5-9-11-12-10-5/h1-3H,(H2,7,13,14)(H,9,10,11,12). The van der Waals surface area contributed by atoms with E-state index in [-0.39, 0.29) is 16.4 Å². The minimum Gasteiger partial charge on any atom is -0.243 e. The molecule has 8 nitrogen and oxygen atoms in total. The molecule has 0 aromatic carbocycles. The van der Waals surface area contributed by atoms with Crippen molar-refractivity contribution in [1.82, 2.24) is 25.6 Å². The molecule has 9 heteroatoms. The number of pyridine rings is 1. The zero-order chi connectivity index (χ0) is 10.9. The summed E-state index contributed by atoms with van der Waals surface area (Å²) in [7, 11) is -3.89. The molecule has 78 valence electrons. The molecule has 2 heterocycles. The van der Waals surface area contributed by atoms with E-state index in [0.717, 1.165) is 0 Å². The molecule has 0 atom stereocenters. The number of sulfonamides is 1. The summed E-state index contributed by atoms with van der Waals surface area (Å²) in [4.78, 5) is 3.68. The van der Waals surface area contributed by atoms with Gasteiger partial charge >= 0.3 is 0 Å². The molecule has 0 fully saturated rings. The molecule has 0 radical (unpaired) electrons. The predicted octanol–water partition coefficient (Wildman–Crippen LogP) is -1.09. The normalized spacial score (nSPS) is 11.5. The first-order chi connectivity index (χ1) is 7.09. The number of hydrogen-bond acceptors (Lipinski definition) is 6. The monoisotopic (exact) mass is 226 g/mol. The molecule has 0 bridgehead atoms. The third-order valence-corrected chi connectivity index (χ3v) is 2.51. The predicted molar refractivity (Wildman–Crippen MR) is 48.8 cm³/mol. The van der Waals surface area contributed by atoms with E-state index in [0.29, 0.717) is 0 Å². The van der Waals surface area contributed by atoms with Crippen LogP contribution in [0, 0.1) is 0 Å². The highest BCUT2D eigenvalue weighted by Crippen LogP contribution is 2.19. The van der Waals surface area contributed by atoms with Gasteiger partial charge in [0.05, 0.1) is 5.56 Å². The molecule has 0 aliphatic rings. The van der Waals surface area contributed by atoms with E-state index in [9.17, 15) is 8.42 Å². The van der Waals surface area contributed by atoms with Crippen molar-refractivity contribution in [2.45, 2.75) is 5.03 Å². The first-order valence-electron chi connectivity index (χ1n) is 3.81. The van der Waals surface area contributed by atoms with Gasteiger partial charge in [0.1, 0.15) is 0 Å². The summed E-state index contributed by atoms with van der Waals surface area (Å²) in [5.41, 5.74) is 0.241. The summed E-state index contributed by atoms with van der Waals surface area (Å²) in [5, 5.41) is 17.4. The second kappa shape index (κ2) is 3.37. The van der Waals surface area contributed by atoms with Gasteiger partial charge in [0.15, 0.2) is 10.9 Å². The van der Waals surface area contributed by atoms with Crippen molar-refractivity contribution >= 4 is 10.0 Å². The number of nitrogens with two attached hydrogens (primary N) is 1. The van der Waals surface area contributed by atoms with Gasteiger partial charge in [-0.25, -0.2) is 23.6 Å². The molecular formula is C6H6N6O2S. The van der Waals surface area contributed by atoms with Gasteiger partial charge in [0.25, 0.3) is 10.0 Å². The number of aromatic amines is 1. The number of tetrazole rings is 1. The summed E-state index contributed by atoms with van der Waals surface area (Å²) in [6.07, 6.45) is 1.33. The highest BCUT2D eigenvalue weighted by molar-refractivity contribution is 7.89. The Kier molecular flexibility index (Phi) is 2.17. The van der Waals surface area contributed by atoms with Crippen LogP contribution in [0.1, 0.15) is 0 Å². The van der Waals surface area contributed by atoms with Crippen molar-refractivity contribution in [1.29, 1.82) is 0 Å². The molecule has 0 spiro atoms. The van der Waals surface area contributed by atoms with Gasteiger partial charge in [-0.3, -0.25) is 0 Å². The first-order valence-corrected chi connectivity index (χ1v) is 5.35. The molecule has 0 aliphatic heterocycles. The maximum absolute atomic E-state index is 11.2. The Morgan fingerprint density at radius 2 is 2.20 bits per heavy atom. The van der Waals surface area contributed by atoms with Crippen molar-refractivity contribution in [2.24, 2.45) is 5.14 Å². The number of aromatic nitrogens is 5. The molecule has 0 saturated heterocycles. The second-order valence-electron chi connectivity index (χ2n) is 2.65. The van der Waals surface area contributed by atoms with Gasteiger partial charge in [0.2, 0.25) is 0 Å². The fourth-order valence-electron chi connectivity index (χ4n) is 1.07. The van der Waals surface area contributed by atoms with Crippen LogP contribution in [0.15, 0.2) is 23.4 Å². The zero-order valence-electron chi connectivity index (χ0n) is 7.32. The van der Waals surface area contributed by atoms with E-state index in [1.165, 1.54) is 12.3 Å². The third-order valence-electron chi connectivity index (χ3n) is 1.64. The molecular weight excluding hydrogens is 220 g/mol. The van der Waals surface area contributed by atoms with E-state index in [2.05, 4.69) is 25.6 Å². The van der Waals surface area contributed by atoms with Crippen molar-refractivity contribution in [3.05, 3.63) is 18.3 Å². The van der Waals surface area contributed by atoms with Crippen LogP contribution in [0.3, 0.4) is 0 Å². The molecule has 2 aromatic heterocycles. The largest absolute Gasteiger partial charge is 0.256 e. The lowest BCUT2D eigenvalue weighted by Gasteiger charge is -2.01. The highest BCUT2D eigenvalue weighted by Gasteiger charge is 2.18. The lowest BCUT2D eigenvalue weighted by Crippen LogP contribution is -2.15. The minimum atomic E-state index is -3.89. The summed E-state index contributed by atoms with van der Waals surface area (Å²) >= 11 is 0. The smallest absolute Gasteiger partial charge is 0.243 e. The lowest BCUT2D eigenvalue weighted by molar-refractivity contribution is 0.594. The molecule has 3 N–H and O–H groups in total. The Balaban J connectivity index is 2.68. The van der Waals surface area contributed by atoms with Gasteiger partial charge in [-0.2, -0.15) is 0 Å². The summed E-state index contributed by atoms with van der Waals surface area (Å²) in [5.74, 6) is 0.201. The molecule has 15 heavy (non-hydrogen) atoms. The molecule has 0 amide bonds. The molecule has 2 rings (SSSR count). The molecule has 0 aliphatic carbocycles.